The Morgan fingerprint density at radius 2 is 1.90 bits per heavy atom. The zero-order valence-electron chi connectivity index (χ0n) is 13.9. The normalized spacial score (nSPS) is 29.7. The number of amides is 2. The highest BCUT2D eigenvalue weighted by Crippen LogP contribution is 2.36. The predicted octanol–water partition coefficient (Wildman–Crippen LogP) is 1.71. The van der Waals surface area contributed by atoms with Crippen LogP contribution in [0.1, 0.15) is 53.9 Å². The number of carbonyl (C=O) groups excluding carboxylic acids is 2. The van der Waals surface area contributed by atoms with Gasteiger partial charge >= 0.3 is 0 Å². The summed E-state index contributed by atoms with van der Waals surface area (Å²) in [6, 6.07) is -0.440. The first-order chi connectivity index (χ1) is 9.78. The zero-order chi connectivity index (χ0) is 15.8. The molecule has 21 heavy (non-hydrogen) atoms. The van der Waals surface area contributed by atoms with E-state index in [4.69, 9.17) is 4.74 Å². The lowest BCUT2D eigenvalue weighted by atomic mass is 9.78. The third kappa shape index (κ3) is 2.56. The molecule has 2 aliphatic rings. The summed E-state index contributed by atoms with van der Waals surface area (Å²) in [5, 5.41) is 2.98. The van der Waals surface area contributed by atoms with Crippen LogP contribution in [0.4, 0.5) is 0 Å². The average molecular weight is 296 g/mol. The molecule has 5 nitrogen and oxygen atoms in total. The van der Waals surface area contributed by atoms with Crippen molar-refractivity contribution in [3.8, 4) is 0 Å². The van der Waals surface area contributed by atoms with Gasteiger partial charge in [-0.3, -0.25) is 9.59 Å². The standard InChI is InChI=1S/C16H28N2O3/c1-6-16(7-2)14(20)17-12(15(3,4)5)13(19)18(16)11-8-9-21-10-11/h11-12H,6-10H2,1-5H3,(H,17,20). The van der Waals surface area contributed by atoms with Crippen LogP contribution in [0.25, 0.3) is 0 Å². The Morgan fingerprint density at radius 3 is 2.33 bits per heavy atom. The summed E-state index contributed by atoms with van der Waals surface area (Å²) in [6.45, 7) is 11.1. The summed E-state index contributed by atoms with van der Waals surface area (Å²) in [5.74, 6) is 0.0280. The predicted molar refractivity (Wildman–Crippen MR) is 80.8 cm³/mol. The van der Waals surface area contributed by atoms with Crippen molar-refractivity contribution in [1.29, 1.82) is 0 Å². The second kappa shape index (κ2) is 5.59. The van der Waals surface area contributed by atoms with Crippen molar-refractivity contribution in [3.63, 3.8) is 0 Å². The molecule has 120 valence electrons. The Bertz CT molecular complexity index is 418. The summed E-state index contributed by atoms with van der Waals surface area (Å²) in [6.07, 6.45) is 2.08. The molecule has 2 amide bonds. The van der Waals surface area contributed by atoms with E-state index in [1.807, 2.05) is 39.5 Å². The van der Waals surface area contributed by atoms with Crippen LogP contribution < -0.4 is 5.32 Å². The van der Waals surface area contributed by atoms with Crippen molar-refractivity contribution in [3.05, 3.63) is 0 Å². The van der Waals surface area contributed by atoms with Gasteiger partial charge in [0.25, 0.3) is 0 Å². The smallest absolute Gasteiger partial charge is 0.246 e. The highest BCUT2D eigenvalue weighted by Gasteiger charge is 2.55. The van der Waals surface area contributed by atoms with Crippen LogP contribution >= 0.6 is 0 Å². The second-order valence-corrected chi connectivity index (χ2v) is 7.24. The van der Waals surface area contributed by atoms with E-state index in [-0.39, 0.29) is 23.3 Å². The van der Waals surface area contributed by atoms with Gasteiger partial charge in [-0.05, 0) is 24.7 Å². The Labute approximate surface area is 127 Å². The van der Waals surface area contributed by atoms with Crippen molar-refractivity contribution >= 4 is 11.8 Å². The lowest BCUT2D eigenvalue weighted by Gasteiger charge is -2.52. The molecule has 0 radical (unpaired) electrons. The number of hydrogen-bond acceptors (Lipinski definition) is 3. The zero-order valence-corrected chi connectivity index (χ0v) is 13.9. The molecule has 1 N–H and O–H groups in total. The first-order valence-corrected chi connectivity index (χ1v) is 7.99. The number of rotatable bonds is 3. The SMILES string of the molecule is CCC1(CC)C(=O)NC(C(C)(C)C)C(=O)N1C1CCOC1. The lowest BCUT2D eigenvalue weighted by molar-refractivity contribution is -0.165. The van der Waals surface area contributed by atoms with Gasteiger partial charge in [0, 0.05) is 6.61 Å². The third-order valence-electron chi connectivity index (χ3n) is 4.95. The summed E-state index contributed by atoms with van der Waals surface area (Å²) in [5.41, 5.74) is -1.02. The van der Waals surface area contributed by atoms with Gasteiger partial charge in [-0.2, -0.15) is 0 Å². The summed E-state index contributed by atoms with van der Waals surface area (Å²) in [4.78, 5) is 27.8. The van der Waals surface area contributed by atoms with Crippen LogP contribution in [0.15, 0.2) is 0 Å². The first-order valence-electron chi connectivity index (χ1n) is 7.99. The van der Waals surface area contributed by atoms with Gasteiger partial charge in [-0.1, -0.05) is 34.6 Å². The molecule has 0 spiro atoms. The van der Waals surface area contributed by atoms with Gasteiger partial charge in [0.1, 0.15) is 11.6 Å². The Balaban J connectivity index is 2.44. The summed E-state index contributed by atoms with van der Waals surface area (Å²) < 4.78 is 5.47. The quantitative estimate of drug-likeness (QED) is 0.862. The summed E-state index contributed by atoms with van der Waals surface area (Å²) >= 11 is 0. The molecule has 2 fully saturated rings. The van der Waals surface area contributed by atoms with Crippen LogP contribution in [0.5, 0.6) is 0 Å². The van der Waals surface area contributed by atoms with Crippen LogP contribution in [0.2, 0.25) is 0 Å². The maximum atomic E-state index is 13.1. The topological polar surface area (TPSA) is 58.6 Å². The van der Waals surface area contributed by atoms with Crippen molar-refractivity contribution in [2.75, 3.05) is 13.2 Å². The Hall–Kier alpha value is -1.10. The molecule has 5 heteroatoms. The van der Waals surface area contributed by atoms with Crippen molar-refractivity contribution < 1.29 is 14.3 Å². The average Bonchev–Trinajstić information content (AvgIpc) is 2.92. The molecule has 0 aromatic heterocycles. The largest absolute Gasteiger partial charge is 0.379 e. The van der Waals surface area contributed by atoms with E-state index in [1.54, 1.807) is 0 Å². The minimum atomic E-state index is -0.725. The van der Waals surface area contributed by atoms with Gasteiger partial charge in [0.15, 0.2) is 0 Å². The van der Waals surface area contributed by atoms with E-state index in [9.17, 15) is 9.59 Å². The number of ether oxygens (including phenoxy) is 1. The highest BCUT2D eigenvalue weighted by molar-refractivity contribution is 6.00. The molecule has 2 unspecified atom stereocenters. The fourth-order valence-electron chi connectivity index (χ4n) is 3.54. The highest BCUT2D eigenvalue weighted by atomic mass is 16.5. The summed E-state index contributed by atoms with van der Waals surface area (Å²) in [7, 11) is 0. The maximum absolute atomic E-state index is 13.1. The fraction of sp³-hybridized carbons (Fsp3) is 0.875. The second-order valence-electron chi connectivity index (χ2n) is 7.24. The maximum Gasteiger partial charge on any atom is 0.246 e. The Morgan fingerprint density at radius 1 is 1.29 bits per heavy atom. The minimum absolute atomic E-state index is 0.0149. The lowest BCUT2D eigenvalue weighted by Crippen LogP contribution is -2.74. The third-order valence-corrected chi connectivity index (χ3v) is 4.95. The number of hydrogen-bond donors (Lipinski definition) is 1. The molecular weight excluding hydrogens is 268 g/mol. The van der Waals surface area contributed by atoms with Crippen molar-refractivity contribution in [2.45, 2.75) is 71.5 Å². The van der Waals surface area contributed by atoms with E-state index in [1.165, 1.54) is 0 Å². The molecular formula is C16H28N2O3. The minimum Gasteiger partial charge on any atom is -0.379 e. The van der Waals surface area contributed by atoms with Crippen molar-refractivity contribution in [1.82, 2.24) is 10.2 Å². The fourth-order valence-corrected chi connectivity index (χ4v) is 3.54. The van der Waals surface area contributed by atoms with Crippen LogP contribution in [0, 0.1) is 5.41 Å². The van der Waals surface area contributed by atoms with E-state index in [0.717, 1.165) is 6.42 Å². The molecule has 0 saturated carbocycles. The molecule has 0 bridgehead atoms. The molecule has 2 rings (SSSR count). The van der Waals surface area contributed by atoms with E-state index >= 15 is 0 Å². The van der Waals surface area contributed by atoms with E-state index in [2.05, 4.69) is 5.32 Å². The monoisotopic (exact) mass is 296 g/mol. The molecule has 2 atom stereocenters. The first kappa shape index (κ1) is 16.3. The van der Waals surface area contributed by atoms with Crippen molar-refractivity contribution in [2.24, 2.45) is 5.41 Å². The van der Waals surface area contributed by atoms with Gasteiger partial charge in [0.2, 0.25) is 11.8 Å². The van der Waals surface area contributed by atoms with Gasteiger partial charge in [-0.25, -0.2) is 0 Å². The van der Waals surface area contributed by atoms with Gasteiger partial charge in [-0.15, -0.1) is 0 Å². The number of nitrogens with zero attached hydrogens (tertiary/aromatic N) is 1. The number of carbonyl (C=O) groups is 2. The molecule has 2 saturated heterocycles. The molecule has 0 aromatic rings. The van der Waals surface area contributed by atoms with Gasteiger partial charge < -0.3 is 15.0 Å². The molecule has 0 aromatic carbocycles. The number of piperazine rings is 1. The molecule has 0 aliphatic carbocycles. The van der Waals surface area contributed by atoms with Gasteiger partial charge in [0.05, 0.1) is 12.6 Å². The van der Waals surface area contributed by atoms with Crippen LogP contribution in [-0.4, -0.2) is 47.6 Å². The van der Waals surface area contributed by atoms with E-state index in [0.29, 0.717) is 26.1 Å². The van der Waals surface area contributed by atoms with Crippen LogP contribution in [0.3, 0.4) is 0 Å². The van der Waals surface area contributed by atoms with E-state index < -0.39 is 11.6 Å². The number of nitrogens with one attached hydrogen (secondary N) is 1. The molecule has 2 heterocycles. The molecule has 2 aliphatic heterocycles. The van der Waals surface area contributed by atoms with Crippen LogP contribution in [-0.2, 0) is 14.3 Å². The Kier molecular flexibility index (Phi) is 4.34.